The summed E-state index contributed by atoms with van der Waals surface area (Å²) < 4.78 is 234. The number of phosphoric acid groups is 1. The summed E-state index contributed by atoms with van der Waals surface area (Å²) in [7, 11) is -13.7. The van der Waals surface area contributed by atoms with Crippen molar-refractivity contribution in [2.75, 3.05) is 16.8 Å². The first-order valence-corrected chi connectivity index (χ1v) is 33.1. The Morgan fingerprint density at radius 1 is 0.890 bits per heavy atom. The molecule has 2 N–H and O–H groups in total. The number of hydrogen-bond acceptors (Lipinski definition) is 14. The minimum absolute atomic E-state index is 0.0424. The number of carboxylic acid groups (broad SMARTS) is 1. The lowest BCUT2D eigenvalue weighted by Gasteiger charge is -2.32. The number of benzene rings is 3. The number of hydrogen-bond donors (Lipinski definition) is 2. The number of sulfonamides is 1. The molecule has 2 aliphatic rings. The smallest absolute Gasteiger partial charge is 0.481 e. The molecule has 0 bridgehead atoms. The molecule has 0 aliphatic heterocycles. The molecular weight excluding hydrogens is 1310 g/mol. The highest BCUT2D eigenvalue weighted by Gasteiger charge is 2.68. The van der Waals surface area contributed by atoms with E-state index < -0.39 is 198 Å². The Kier molecular flexibility index (Phi) is 19.0. The molecule has 2 aliphatic carbocycles. The summed E-state index contributed by atoms with van der Waals surface area (Å²) in [5.74, 6) is -9.53. The van der Waals surface area contributed by atoms with Gasteiger partial charge in [-0.25, -0.2) is 35.2 Å². The average molecular weight is 1370 g/mol. The van der Waals surface area contributed by atoms with Crippen molar-refractivity contribution in [2.45, 2.75) is 147 Å². The summed E-state index contributed by atoms with van der Waals surface area (Å²) in [6, 6.07) is 8.40. The molecule has 2 amide bonds. The van der Waals surface area contributed by atoms with Gasteiger partial charge in [0.1, 0.15) is 46.6 Å². The van der Waals surface area contributed by atoms with Crippen LogP contribution >= 0.6 is 19.4 Å². The number of halogens is 11. The number of nitrogens with one attached hydrogen (secondary N) is 1. The fourth-order valence-electron chi connectivity index (χ4n) is 10.8. The van der Waals surface area contributed by atoms with Crippen molar-refractivity contribution >= 4 is 73.8 Å². The number of pyridine rings is 1. The number of alkyl halides is 8. The van der Waals surface area contributed by atoms with Crippen LogP contribution in [0, 0.1) is 29.4 Å². The standard InChI is InChI=1S/C58H59ClF10N7O12PS2/c1-29(2)86-89(81,87-30(3)4)88-42-13-11-12-32(23-45(79)80)48(42)54(5,6)26-44(78)76(91(10,84)85)53-47-40(59)17-16-37(50(47)75(73-53)28-56(62,63)64)36-15-14-35(18-19-55(7,8)90(9,82)83)70-49(36)41(22-31-20-33(60)24-34(61)21-31)71-43(77)27-74-52-46(51(72-74)58(67,68)69)38-25-39(38)57(52,65)66/h11-17,20-21,24,29-30,38-39,41H,22-23,25-28H2,1-10H3,(H,71,77)(H,79,80)/t38-,39+,41-/m0/s1. The van der Waals surface area contributed by atoms with Gasteiger partial charge in [0.2, 0.25) is 21.8 Å². The van der Waals surface area contributed by atoms with Gasteiger partial charge in [-0.15, -0.1) is 0 Å². The van der Waals surface area contributed by atoms with Crippen LogP contribution in [0.5, 0.6) is 5.75 Å². The van der Waals surface area contributed by atoms with Gasteiger partial charge in [0.05, 0.1) is 52.5 Å². The number of carbonyl (C=O) groups is 3. The van der Waals surface area contributed by atoms with Crippen molar-refractivity contribution in [3.05, 3.63) is 122 Å². The first kappa shape index (κ1) is 69.8. The summed E-state index contributed by atoms with van der Waals surface area (Å²) in [4.78, 5) is 46.4. The Hall–Kier alpha value is -7.10. The second-order valence-electron chi connectivity index (χ2n) is 23.7. The van der Waals surface area contributed by atoms with Gasteiger partial charge < -0.3 is 14.9 Å². The zero-order valence-corrected chi connectivity index (χ0v) is 53.2. The summed E-state index contributed by atoms with van der Waals surface area (Å²) >= 11 is 6.86. The second-order valence-corrected chi connectivity index (χ2v) is 30.0. The maximum atomic E-state index is 15.8. The largest absolute Gasteiger partial charge is 0.530 e. The van der Waals surface area contributed by atoms with Gasteiger partial charge in [0.15, 0.2) is 21.3 Å². The maximum Gasteiger partial charge on any atom is 0.530 e. The number of rotatable bonds is 22. The highest BCUT2D eigenvalue weighted by Crippen LogP contribution is 2.68. The average Bonchev–Trinajstić information content (AvgIpc) is 1.52. The highest BCUT2D eigenvalue weighted by molar-refractivity contribution is 7.93. The molecule has 492 valence electrons. The van der Waals surface area contributed by atoms with E-state index in [1.54, 1.807) is 0 Å². The van der Waals surface area contributed by atoms with E-state index in [4.69, 9.17) is 25.2 Å². The van der Waals surface area contributed by atoms with Gasteiger partial charge in [-0.2, -0.15) is 49.6 Å². The van der Waals surface area contributed by atoms with Crippen LogP contribution in [0.3, 0.4) is 0 Å². The Morgan fingerprint density at radius 2 is 1.51 bits per heavy atom. The number of carboxylic acids is 1. The first-order chi connectivity index (χ1) is 41.7. The topological polar surface area (TPSA) is 248 Å². The molecule has 3 atom stereocenters. The number of amides is 2. The lowest BCUT2D eigenvalue weighted by molar-refractivity contribution is -0.143. The lowest BCUT2D eigenvalue weighted by atomic mass is 9.77. The number of sulfone groups is 1. The molecule has 6 aromatic rings. The molecule has 19 nitrogen and oxygen atoms in total. The number of aromatic nitrogens is 5. The van der Waals surface area contributed by atoms with E-state index in [-0.39, 0.29) is 53.8 Å². The molecule has 1 saturated carbocycles. The Balaban J connectivity index is 1.34. The second kappa shape index (κ2) is 24.7. The van der Waals surface area contributed by atoms with Crippen LogP contribution < -0.4 is 14.1 Å². The number of carbonyl (C=O) groups excluding carboxylic acids is 2. The molecular formula is C58H59ClF10N7O12PS2. The van der Waals surface area contributed by atoms with E-state index >= 15 is 35.5 Å². The van der Waals surface area contributed by atoms with Crippen LogP contribution in [0.1, 0.15) is 125 Å². The third-order valence-corrected chi connectivity index (χ3v) is 19.8. The van der Waals surface area contributed by atoms with Crippen LogP contribution in [0.2, 0.25) is 5.02 Å². The predicted octanol–water partition coefficient (Wildman–Crippen LogP) is 11.9. The van der Waals surface area contributed by atoms with E-state index in [9.17, 15) is 49.3 Å². The zero-order valence-electron chi connectivity index (χ0n) is 49.9. The van der Waals surface area contributed by atoms with E-state index in [1.807, 2.05) is 0 Å². The van der Waals surface area contributed by atoms with Crippen LogP contribution in [0.25, 0.3) is 22.0 Å². The number of nitrogens with zero attached hydrogens (tertiary/aromatic N) is 6. The summed E-state index contributed by atoms with van der Waals surface area (Å²) in [6.07, 6.45) is -13.5. The van der Waals surface area contributed by atoms with Gasteiger partial charge in [0, 0.05) is 52.3 Å². The van der Waals surface area contributed by atoms with Crippen molar-refractivity contribution in [3.8, 4) is 28.7 Å². The molecule has 1 fully saturated rings. The minimum Gasteiger partial charge on any atom is -0.481 e. The third-order valence-electron chi connectivity index (χ3n) is 14.7. The summed E-state index contributed by atoms with van der Waals surface area (Å²) in [5, 5.41) is 18.7. The highest BCUT2D eigenvalue weighted by atomic mass is 35.5. The van der Waals surface area contributed by atoms with Crippen molar-refractivity contribution in [2.24, 2.45) is 5.92 Å². The van der Waals surface area contributed by atoms with Crippen molar-refractivity contribution in [3.63, 3.8) is 0 Å². The minimum atomic E-state index is -5.27. The predicted molar refractivity (Wildman–Crippen MR) is 311 cm³/mol. The van der Waals surface area contributed by atoms with Gasteiger partial charge in [-0.3, -0.25) is 32.8 Å². The van der Waals surface area contributed by atoms with Gasteiger partial charge >= 0.3 is 26.1 Å². The molecule has 3 heterocycles. The molecule has 33 heteroatoms. The van der Waals surface area contributed by atoms with Gasteiger partial charge in [-0.05, 0) is 114 Å². The van der Waals surface area contributed by atoms with E-state index in [1.165, 1.54) is 73.6 Å². The molecule has 3 aromatic heterocycles. The molecule has 3 aromatic carbocycles. The number of phosphoric ester groups is 1. The molecule has 91 heavy (non-hydrogen) atoms. The van der Waals surface area contributed by atoms with Crippen LogP contribution in [-0.4, -0.2) is 99.9 Å². The first-order valence-electron chi connectivity index (χ1n) is 27.6. The molecule has 0 saturated heterocycles. The normalized spacial score (nSPS) is 16.3. The molecule has 0 radical (unpaired) electrons. The Bertz CT molecular complexity index is 4240. The van der Waals surface area contributed by atoms with E-state index in [2.05, 4.69) is 32.3 Å². The Morgan fingerprint density at radius 3 is 2.07 bits per heavy atom. The van der Waals surface area contributed by atoms with E-state index in [0.717, 1.165) is 42.7 Å². The Labute approximate surface area is 520 Å². The maximum absolute atomic E-state index is 15.8. The fraction of sp³-hybridized carbons (Fsp3) is 0.448. The van der Waals surface area contributed by atoms with Crippen molar-refractivity contribution < 1.29 is 98.4 Å². The van der Waals surface area contributed by atoms with Gasteiger partial charge in [0.25, 0.3) is 5.92 Å². The van der Waals surface area contributed by atoms with Crippen molar-refractivity contribution in [1.82, 2.24) is 29.9 Å². The van der Waals surface area contributed by atoms with Crippen LogP contribution in [-0.2, 0) is 91.3 Å². The SMILES string of the molecule is CC(C)OP(=O)(Oc1cccc(CC(=O)O)c1C(C)(C)CC(=O)N(c1nn(CC(F)(F)F)c2c(-c3ccc(C#CC(C)(C)S(C)(=O)=O)nc3[C@H](Cc3cc(F)cc(F)c3)NC(=O)Cn3nc(C(F)(F)F)c4c3C(F)(F)[C@@H]3C[C@H]43)ccc(Cl)c12)S(C)(=O)=O)OC(C)C. The van der Waals surface area contributed by atoms with Crippen molar-refractivity contribution in [1.29, 1.82) is 0 Å². The lowest BCUT2D eigenvalue weighted by Crippen LogP contribution is -2.40. The zero-order chi connectivity index (χ0) is 67.8. The summed E-state index contributed by atoms with van der Waals surface area (Å²) in [6.45, 7) is 7.74. The van der Waals surface area contributed by atoms with Crippen LogP contribution in [0.15, 0.2) is 60.7 Å². The number of fused-ring (bicyclic) bond motifs is 4. The fourth-order valence-corrected chi connectivity index (χ4v) is 13.7. The van der Waals surface area contributed by atoms with E-state index in [0.29, 0.717) is 12.3 Å². The number of aliphatic carboxylic acids is 1. The monoisotopic (exact) mass is 1370 g/mol. The quantitative estimate of drug-likeness (QED) is 0.0364. The van der Waals surface area contributed by atoms with Crippen LogP contribution in [0.4, 0.5) is 49.7 Å². The molecule has 8 rings (SSSR count). The molecule has 0 unspecified atom stereocenters. The third kappa shape index (κ3) is 15.2. The summed E-state index contributed by atoms with van der Waals surface area (Å²) in [5.41, 5.74) is -8.34. The molecule has 0 spiro atoms. The number of anilines is 1. The van der Waals surface area contributed by atoms with Gasteiger partial charge in [-0.1, -0.05) is 49.6 Å².